The van der Waals surface area contributed by atoms with Crippen LogP contribution in [0.15, 0.2) is 24.3 Å². The van der Waals surface area contributed by atoms with Crippen molar-refractivity contribution < 1.29 is 4.39 Å². The van der Waals surface area contributed by atoms with Gasteiger partial charge in [-0.25, -0.2) is 4.39 Å². The summed E-state index contributed by atoms with van der Waals surface area (Å²) in [7, 11) is 0. The van der Waals surface area contributed by atoms with Crippen molar-refractivity contribution in [3.05, 3.63) is 34.9 Å². The first-order valence-electron chi connectivity index (χ1n) is 6.39. The van der Waals surface area contributed by atoms with Gasteiger partial charge >= 0.3 is 0 Å². The van der Waals surface area contributed by atoms with E-state index in [1.165, 1.54) is 17.4 Å². The Balaban J connectivity index is 2.13. The summed E-state index contributed by atoms with van der Waals surface area (Å²) in [4.78, 5) is 0.999. The molecule has 0 aliphatic rings. The van der Waals surface area contributed by atoms with Gasteiger partial charge in [-0.05, 0) is 41.7 Å². The molecule has 0 aliphatic heterocycles. The van der Waals surface area contributed by atoms with Gasteiger partial charge in [-0.15, -0.1) is 11.3 Å². The molecule has 0 radical (unpaired) electrons. The monoisotopic (exact) mass is 307 g/mol. The molecular weight excluding hydrogens is 293 g/mol. The maximum atomic E-state index is 13.3. The van der Waals surface area contributed by atoms with E-state index in [0.717, 1.165) is 27.3 Å². The van der Waals surface area contributed by atoms with Crippen LogP contribution in [0.25, 0.3) is 20.8 Å². The fourth-order valence-electron chi connectivity index (χ4n) is 2.16. The average Bonchev–Trinajstić information content (AvgIpc) is 2.93. The number of halogens is 1. The fourth-order valence-corrected chi connectivity index (χ4v) is 3.45. The molecule has 104 valence electrons. The lowest BCUT2D eigenvalue weighted by molar-refractivity contribution is 0.522. The number of thiophene rings is 1. The van der Waals surface area contributed by atoms with Crippen molar-refractivity contribution in [2.45, 2.75) is 20.4 Å². The zero-order valence-electron chi connectivity index (χ0n) is 11.2. The average molecular weight is 307 g/mol. The van der Waals surface area contributed by atoms with Crippen LogP contribution in [0, 0.1) is 16.5 Å². The summed E-state index contributed by atoms with van der Waals surface area (Å²) in [5.74, 6) is 1.09. The van der Waals surface area contributed by atoms with Gasteiger partial charge in [0.05, 0.1) is 4.88 Å². The number of nitrogens with zero attached hydrogens (tertiary/aromatic N) is 2. The van der Waals surface area contributed by atoms with Gasteiger partial charge in [0.25, 0.3) is 0 Å². The predicted octanol–water partition coefficient (Wildman–Crippen LogP) is 4.62. The van der Waals surface area contributed by atoms with E-state index in [9.17, 15) is 4.39 Å². The summed E-state index contributed by atoms with van der Waals surface area (Å²) >= 11 is 6.81. The lowest BCUT2D eigenvalue weighted by atomic mass is 10.2. The molecule has 3 nitrogen and oxygen atoms in total. The standard InChI is InChI=1S/C14H14FN3S2/c1-8(2)7-18-13(16-17-14(18)19)12-5-9-3-4-10(15)6-11(9)20-12/h3-6,8H,7H2,1-2H3,(H,17,19). The Bertz CT molecular complexity index is 813. The number of hydrogen-bond acceptors (Lipinski definition) is 3. The minimum atomic E-state index is -0.216. The molecule has 2 aromatic heterocycles. The van der Waals surface area contributed by atoms with Crippen molar-refractivity contribution in [3.63, 3.8) is 0 Å². The van der Waals surface area contributed by atoms with Gasteiger partial charge in [0.1, 0.15) is 5.82 Å². The molecule has 1 N–H and O–H groups in total. The zero-order chi connectivity index (χ0) is 14.3. The smallest absolute Gasteiger partial charge is 0.195 e. The maximum absolute atomic E-state index is 13.3. The van der Waals surface area contributed by atoms with Crippen LogP contribution >= 0.6 is 23.6 Å². The fraction of sp³-hybridized carbons (Fsp3) is 0.286. The van der Waals surface area contributed by atoms with E-state index in [1.807, 2.05) is 10.6 Å². The van der Waals surface area contributed by atoms with E-state index in [0.29, 0.717) is 10.7 Å². The lowest BCUT2D eigenvalue weighted by Gasteiger charge is -2.07. The normalized spacial score (nSPS) is 11.6. The molecule has 0 fully saturated rings. The highest BCUT2D eigenvalue weighted by Gasteiger charge is 2.13. The molecule has 2 heterocycles. The first kappa shape index (κ1) is 13.5. The molecule has 20 heavy (non-hydrogen) atoms. The van der Waals surface area contributed by atoms with Crippen LogP contribution in [0.5, 0.6) is 0 Å². The summed E-state index contributed by atoms with van der Waals surface area (Å²) in [6.07, 6.45) is 0. The quantitative estimate of drug-likeness (QED) is 0.716. The predicted molar refractivity (Wildman–Crippen MR) is 83.0 cm³/mol. The largest absolute Gasteiger partial charge is 0.299 e. The Kier molecular flexibility index (Phi) is 3.43. The topological polar surface area (TPSA) is 33.6 Å². The van der Waals surface area contributed by atoms with Gasteiger partial charge in [0.15, 0.2) is 10.6 Å². The van der Waals surface area contributed by atoms with E-state index in [2.05, 4.69) is 24.0 Å². The molecule has 0 saturated heterocycles. The van der Waals surface area contributed by atoms with Crippen molar-refractivity contribution in [1.29, 1.82) is 0 Å². The molecule has 3 rings (SSSR count). The van der Waals surface area contributed by atoms with Crippen LogP contribution in [0.4, 0.5) is 4.39 Å². The van der Waals surface area contributed by atoms with Gasteiger partial charge in [-0.2, -0.15) is 5.10 Å². The number of rotatable bonds is 3. The van der Waals surface area contributed by atoms with Gasteiger partial charge in [-0.3, -0.25) is 9.67 Å². The minimum absolute atomic E-state index is 0.216. The molecule has 0 amide bonds. The summed E-state index contributed by atoms with van der Waals surface area (Å²) in [6.45, 7) is 5.09. The molecule has 0 spiro atoms. The third-order valence-corrected chi connectivity index (χ3v) is 4.41. The number of H-pyrrole nitrogens is 1. The summed E-state index contributed by atoms with van der Waals surface area (Å²) < 4.78 is 16.8. The molecule has 0 bridgehead atoms. The van der Waals surface area contributed by atoms with E-state index in [1.54, 1.807) is 12.1 Å². The summed E-state index contributed by atoms with van der Waals surface area (Å²) in [5, 5.41) is 8.19. The molecule has 3 aromatic rings. The number of aromatic nitrogens is 3. The molecular formula is C14H14FN3S2. The summed E-state index contributed by atoms with van der Waals surface area (Å²) in [6, 6.07) is 6.85. The van der Waals surface area contributed by atoms with Crippen molar-refractivity contribution in [1.82, 2.24) is 14.8 Å². The Morgan fingerprint density at radius 1 is 1.40 bits per heavy atom. The van der Waals surface area contributed by atoms with Crippen LogP contribution in [0.2, 0.25) is 0 Å². The van der Waals surface area contributed by atoms with Crippen LogP contribution < -0.4 is 0 Å². The lowest BCUT2D eigenvalue weighted by Crippen LogP contribution is -2.05. The van der Waals surface area contributed by atoms with E-state index >= 15 is 0 Å². The number of aromatic amines is 1. The SMILES string of the molecule is CC(C)Cn1c(-c2cc3ccc(F)cc3s2)n[nH]c1=S. The van der Waals surface area contributed by atoms with Gasteiger partial charge < -0.3 is 0 Å². The van der Waals surface area contributed by atoms with Crippen LogP contribution in [-0.4, -0.2) is 14.8 Å². The van der Waals surface area contributed by atoms with Crippen LogP contribution in [0.3, 0.4) is 0 Å². The summed E-state index contributed by atoms with van der Waals surface area (Å²) in [5.41, 5.74) is 0. The first-order valence-corrected chi connectivity index (χ1v) is 7.62. The van der Waals surface area contributed by atoms with Gasteiger partial charge in [0, 0.05) is 11.2 Å². The number of fused-ring (bicyclic) bond motifs is 1. The Labute approximate surface area is 125 Å². The molecule has 6 heteroatoms. The van der Waals surface area contributed by atoms with Crippen molar-refractivity contribution in [2.24, 2.45) is 5.92 Å². The van der Waals surface area contributed by atoms with Crippen LogP contribution in [-0.2, 0) is 6.54 Å². The third kappa shape index (κ3) is 2.41. The second kappa shape index (κ2) is 5.10. The van der Waals surface area contributed by atoms with E-state index in [4.69, 9.17) is 12.2 Å². The van der Waals surface area contributed by atoms with Crippen molar-refractivity contribution >= 4 is 33.6 Å². The Hall–Kier alpha value is -1.53. The first-order chi connectivity index (χ1) is 9.54. The van der Waals surface area contributed by atoms with Crippen LogP contribution in [0.1, 0.15) is 13.8 Å². The van der Waals surface area contributed by atoms with Crippen molar-refractivity contribution in [3.8, 4) is 10.7 Å². The Morgan fingerprint density at radius 2 is 2.20 bits per heavy atom. The molecule has 0 saturated carbocycles. The van der Waals surface area contributed by atoms with E-state index < -0.39 is 0 Å². The highest BCUT2D eigenvalue weighted by molar-refractivity contribution is 7.71. The molecule has 1 aromatic carbocycles. The number of nitrogens with one attached hydrogen (secondary N) is 1. The third-order valence-electron chi connectivity index (χ3n) is 3.01. The Morgan fingerprint density at radius 3 is 2.95 bits per heavy atom. The number of hydrogen-bond donors (Lipinski definition) is 1. The second-order valence-electron chi connectivity index (χ2n) is 5.15. The molecule has 0 unspecified atom stereocenters. The second-order valence-corrected chi connectivity index (χ2v) is 6.62. The zero-order valence-corrected chi connectivity index (χ0v) is 12.8. The van der Waals surface area contributed by atoms with Crippen molar-refractivity contribution in [2.75, 3.05) is 0 Å². The molecule has 0 atom stereocenters. The number of benzene rings is 1. The molecule has 0 aliphatic carbocycles. The minimum Gasteiger partial charge on any atom is -0.299 e. The highest BCUT2D eigenvalue weighted by atomic mass is 32.1. The maximum Gasteiger partial charge on any atom is 0.195 e. The van der Waals surface area contributed by atoms with Gasteiger partial charge in [0.2, 0.25) is 0 Å². The van der Waals surface area contributed by atoms with E-state index in [-0.39, 0.29) is 5.82 Å². The van der Waals surface area contributed by atoms with Gasteiger partial charge in [-0.1, -0.05) is 19.9 Å². The highest BCUT2D eigenvalue weighted by Crippen LogP contribution is 2.33.